The van der Waals surface area contributed by atoms with Gasteiger partial charge in [-0.05, 0) is 44.5 Å². The first-order valence-electron chi connectivity index (χ1n) is 6.50. The normalized spacial score (nSPS) is 21.8. The number of methoxy groups -OCH3 is 1. The lowest BCUT2D eigenvalue weighted by atomic mass is 10.0. The van der Waals surface area contributed by atoms with Crippen LogP contribution in [-0.4, -0.2) is 30.9 Å². The smallest absolute Gasteiger partial charge is 0.134 e. The van der Waals surface area contributed by atoms with Crippen molar-refractivity contribution in [2.75, 3.05) is 20.2 Å². The van der Waals surface area contributed by atoms with E-state index in [9.17, 15) is 4.79 Å². The Labute approximate surface area is 109 Å². The zero-order valence-corrected chi connectivity index (χ0v) is 11.3. The third kappa shape index (κ3) is 2.72. The third-order valence-corrected chi connectivity index (χ3v) is 3.94. The third-order valence-electron chi connectivity index (χ3n) is 3.94. The van der Waals surface area contributed by atoms with Crippen LogP contribution in [0.25, 0.3) is 0 Å². The van der Waals surface area contributed by atoms with Crippen LogP contribution in [-0.2, 0) is 4.79 Å². The van der Waals surface area contributed by atoms with E-state index in [0.29, 0.717) is 11.8 Å². The Morgan fingerprint density at radius 1 is 1.39 bits per heavy atom. The second-order valence-electron chi connectivity index (χ2n) is 5.04. The van der Waals surface area contributed by atoms with E-state index in [1.165, 1.54) is 5.56 Å². The number of ketones is 1. The molecule has 1 heterocycles. The lowest BCUT2D eigenvalue weighted by Crippen LogP contribution is -2.25. The van der Waals surface area contributed by atoms with E-state index in [-0.39, 0.29) is 5.92 Å². The molecule has 18 heavy (non-hydrogen) atoms. The van der Waals surface area contributed by atoms with Crippen molar-refractivity contribution in [3.63, 3.8) is 0 Å². The summed E-state index contributed by atoms with van der Waals surface area (Å²) in [6.07, 6.45) is 0.996. The Bertz CT molecular complexity index is 413. The molecule has 1 aromatic rings. The number of benzene rings is 1. The molecule has 1 aromatic carbocycles. The average molecular weight is 247 g/mol. The van der Waals surface area contributed by atoms with E-state index in [2.05, 4.69) is 24.0 Å². The molecule has 1 aliphatic heterocycles. The maximum Gasteiger partial charge on any atom is 0.134 e. The maximum atomic E-state index is 11.4. The van der Waals surface area contributed by atoms with Gasteiger partial charge in [-0.25, -0.2) is 0 Å². The highest BCUT2D eigenvalue weighted by atomic mass is 16.5. The molecule has 2 rings (SSSR count). The summed E-state index contributed by atoms with van der Waals surface area (Å²) in [5.74, 6) is 1.43. The van der Waals surface area contributed by atoms with Gasteiger partial charge in [-0.2, -0.15) is 0 Å². The van der Waals surface area contributed by atoms with E-state index < -0.39 is 0 Å². The SMILES string of the molecule is COc1ccc([C@H](C)N2CC[C@@H](C(C)=O)C2)cc1. The molecule has 1 fully saturated rings. The molecule has 98 valence electrons. The van der Waals surface area contributed by atoms with Crippen molar-refractivity contribution in [2.45, 2.75) is 26.3 Å². The summed E-state index contributed by atoms with van der Waals surface area (Å²) in [4.78, 5) is 13.8. The predicted octanol–water partition coefficient (Wildman–Crippen LogP) is 2.67. The molecule has 0 bridgehead atoms. The Balaban J connectivity index is 2.02. The summed E-state index contributed by atoms with van der Waals surface area (Å²) in [6.45, 7) is 5.80. The minimum Gasteiger partial charge on any atom is -0.497 e. The van der Waals surface area contributed by atoms with Gasteiger partial charge in [0.25, 0.3) is 0 Å². The van der Waals surface area contributed by atoms with Crippen molar-refractivity contribution in [1.29, 1.82) is 0 Å². The Hall–Kier alpha value is -1.35. The van der Waals surface area contributed by atoms with Crippen LogP contribution in [0.2, 0.25) is 0 Å². The van der Waals surface area contributed by atoms with Gasteiger partial charge < -0.3 is 4.74 Å². The Morgan fingerprint density at radius 3 is 2.56 bits per heavy atom. The number of carbonyl (C=O) groups excluding carboxylic acids is 1. The largest absolute Gasteiger partial charge is 0.497 e. The standard InChI is InChI=1S/C15H21NO2/c1-11(13-4-6-15(18-3)7-5-13)16-9-8-14(10-16)12(2)17/h4-7,11,14H,8-10H2,1-3H3/t11-,14+/m0/s1. The van der Waals surface area contributed by atoms with Crippen molar-refractivity contribution in [3.8, 4) is 5.75 Å². The lowest BCUT2D eigenvalue weighted by molar-refractivity contribution is -0.120. The van der Waals surface area contributed by atoms with Crippen LogP contribution < -0.4 is 4.74 Å². The number of ether oxygens (including phenoxy) is 1. The van der Waals surface area contributed by atoms with Gasteiger partial charge >= 0.3 is 0 Å². The Kier molecular flexibility index (Phi) is 4.02. The molecule has 1 saturated heterocycles. The number of carbonyl (C=O) groups is 1. The first kappa shape index (κ1) is 13.1. The number of Topliss-reactive ketones (excluding diaryl/α,β-unsaturated/α-hetero) is 1. The summed E-state index contributed by atoms with van der Waals surface area (Å²) in [6, 6.07) is 8.55. The van der Waals surface area contributed by atoms with Crippen molar-refractivity contribution >= 4 is 5.78 Å². The summed E-state index contributed by atoms with van der Waals surface area (Å²) < 4.78 is 5.16. The number of rotatable bonds is 4. The molecule has 0 unspecified atom stereocenters. The summed E-state index contributed by atoms with van der Waals surface area (Å²) in [7, 11) is 1.68. The minimum absolute atomic E-state index is 0.227. The topological polar surface area (TPSA) is 29.5 Å². The summed E-state index contributed by atoms with van der Waals surface area (Å²) >= 11 is 0. The van der Waals surface area contributed by atoms with E-state index in [1.807, 2.05) is 12.1 Å². The molecular weight excluding hydrogens is 226 g/mol. The molecule has 3 heteroatoms. The van der Waals surface area contributed by atoms with Gasteiger partial charge in [-0.3, -0.25) is 9.69 Å². The van der Waals surface area contributed by atoms with Crippen molar-refractivity contribution in [2.24, 2.45) is 5.92 Å². The van der Waals surface area contributed by atoms with Crippen LogP contribution in [0.15, 0.2) is 24.3 Å². The number of likely N-dealkylation sites (tertiary alicyclic amines) is 1. The molecule has 0 radical (unpaired) electrons. The molecule has 0 amide bonds. The molecule has 0 aromatic heterocycles. The minimum atomic E-state index is 0.227. The second kappa shape index (κ2) is 5.53. The van der Waals surface area contributed by atoms with Gasteiger partial charge in [-0.15, -0.1) is 0 Å². The molecule has 0 N–H and O–H groups in total. The first-order chi connectivity index (χ1) is 8.61. The molecule has 2 atom stereocenters. The van der Waals surface area contributed by atoms with Crippen LogP contribution in [0.1, 0.15) is 31.9 Å². The van der Waals surface area contributed by atoms with Crippen LogP contribution in [0.4, 0.5) is 0 Å². The lowest BCUT2D eigenvalue weighted by Gasteiger charge is -2.24. The number of nitrogens with zero attached hydrogens (tertiary/aromatic N) is 1. The predicted molar refractivity (Wildman–Crippen MR) is 71.8 cm³/mol. The molecule has 0 aliphatic carbocycles. The van der Waals surface area contributed by atoms with E-state index in [1.54, 1.807) is 14.0 Å². The highest BCUT2D eigenvalue weighted by molar-refractivity contribution is 5.78. The monoisotopic (exact) mass is 247 g/mol. The quantitative estimate of drug-likeness (QED) is 0.819. The number of hydrogen-bond donors (Lipinski definition) is 0. The van der Waals surface area contributed by atoms with Gasteiger partial charge in [0.15, 0.2) is 0 Å². The van der Waals surface area contributed by atoms with Crippen molar-refractivity contribution < 1.29 is 9.53 Å². The van der Waals surface area contributed by atoms with Crippen molar-refractivity contribution in [3.05, 3.63) is 29.8 Å². The molecular formula is C15H21NO2. The fraction of sp³-hybridized carbons (Fsp3) is 0.533. The van der Waals surface area contributed by atoms with Gasteiger partial charge in [-0.1, -0.05) is 12.1 Å². The summed E-state index contributed by atoms with van der Waals surface area (Å²) in [5, 5.41) is 0. The first-order valence-corrected chi connectivity index (χ1v) is 6.50. The highest BCUT2D eigenvalue weighted by Crippen LogP contribution is 2.28. The fourth-order valence-electron chi connectivity index (χ4n) is 2.56. The van der Waals surface area contributed by atoms with E-state index >= 15 is 0 Å². The highest BCUT2D eigenvalue weighted by Gasteiger charge is 2.29. The molecule has 3 nitrogen and oxygen atoms in total. The summed E-state index contributed by atoms with van der Waals surface area (Å²) in [5.41, 5.74) is 1.28. The molecule has 1 aliphatic rings. The zero-order chi connectivity index (χ0) is 13.1. The molecule has 0 spiro atoms. The van der Waals surface area contributed by atoms with Crippen LogP contribution in [0.5, 0.6) is 5.75 Å². The molecule has 0 saturated carbocycles. The van der Waals surface area contributed by atoms with Gasteiger partial charge in [0, 0.05) is 18.5 Å². The fourth-order valence-corrected chi connectivity index (χ4v) is 2.56. The van der Waals surface area contributed by atoms with E-state index in [4.69, 9.17) is 4.74 Å². The maximum absolute atomic E-state index is 11.4. The Morgan fingerprint density at radius 2 is 2.06 bits per heavy atom. The van der Waals surface area contributed by atoms with Crippen LogP contribution in [0, 0.1) is 5.92 Å². The van der Waals surface area contributed by atoms with E-state index in [0.717, 1.165) is 25.3 Å². The number of hydrogen-bond acceptors (Lipinski definition) is 3. The van der Waals surface area contributed by atoms with Crippen LogP contribution >= 0.6 is 0 Å². The zero-order valence-electron chi connectivity index (χ0n) is 11.3. The average Bonchev–Trinajstić information content (AvgIpc) is 2.88. The van der Waals surface area contributed by atoms with Gasteiger partial charge in [0.05, 0.1) is 7.11 Å². The van der Waals surface area contributed by atoms with Crippen LogP contribution in [0.3, 0.4) is 0 Å². The van der Waals surface area contributed by atoms with Gasteiger partial charge in [0.1, 0.15) is 11.5 Å². The second-order valence-corrected chi connectivity index (χ2v) is 5.04. The van der Waals surface area contributed by atoms with Gasteiger partial charge in [0.2, 0.25) is 0 Å². The van der Waals surface area contributed by atoms with Crippen molar-refractivity contribution in [1.82, 2.24) is 4.90 Å².